The number of nitrogens with zero attached hydrogens (tertiary/aromatic N) is 1. The molecule has 1 unspecified atom stereocenters. The molecule has 1 atom stereocenters. The minimum atomic E-state index is -5.35. The molecule has 3 rings (SSSR count). The van der Waals surface area contributed by atoms with Crippen LogP contribution in [-0.4, -0.2) is 32.6 Å². The SMILES string of the molecule is CC(=O)NC1(C(F)(F)F)C(=O)Nc2c1c(=O)[nH]c(=O)n2CCc1ccc(O)cc1. The molecule has 1 aromatic heterocycles. The lowest BCUT2D eigenvalue weighted by molar-refractivity contribution is -0.200. The van der Waals surface area contributed by atoms with E-state index in [9.17, 15) is 37.5 Å². The number of aromatic nitrogens is 2. The van der Waals surface area contributed by atoms with Crippen LogP contribution >= 0.6 is 0 Å². The number of anilines is 1. The lowest BCUT2D eigenvalue weighted by Gasteiger charge is -2.29. The number of halogens is 3. The number of alkyl halides is 3. The summed E-state index contributed by atoms with van der Waals surface area (Å²) in [6, 6.07) is 5.87. The zero-order chi connectivity index (χ0) is 21.6. The van der Waals surface area contributed by atoms with Crippen molar-refractivity contribution in [2.24, 2.45) is 0 Å². The van der Waals surface area contributed by atoms with Crippen LogP contribution in [0, 0.1) is 0 Å². The number of aromatic hydroxyl groups is 1. The van der Waals surface area contributed by atoms with E-state index in [1.807, 2.05) is 5.32 Å². The maximum atomic E-state index is 13.9. The number of fused-ring (bicyclic) bond motifs is 1. The van der Waals surface area contributed by atoms with Gasteiger partial charge in [-0.2, -0.15) is 13.2 Å². The molecule has 0 spiro atoms. The summed E-state index contributed by atoms with van der Waals surface area (Å²) in [7, 11) is 0. The van der Waals surface area contributed by atoms with E-state index in [0.717, 1.165) is 11.5 Å². The fourth-order valence-corrected chi connectivity index (χ4v) is 3.21. The summed E-state index contributed by atoms with van der Waals surface area (Å²) in [6.07, 6.45) is -5.20. The molecule has 1 aliphatic heterocycles. The van der Waals surface area contributed by atoms with Gasteiger partial charge in [-0.15, -0.1) is 0 Å². The van der Waals surface area contributed by atoms with Gasteiger partial charge in [-0.1, -0.05) is 12.1 Å². The highest BCUT2D eigenvalue weighted by Gasteiger charge is 2.68. The van der Waals surface area contributed by atoms with E-state index in [-0.39, 0.29) is 18.7 Å². The van der Waals surface area contributed by atoms with Gasteiger partial charge in [0.1, 0.15) is 17.1 Å². The highest BCUT2D eigenvalue weighted by molar-refractivity contribution is 6.07. The molecule has 0 bridgehead atoms. The van der Waals surface area contributed by atoms with Crippen molar-refractivity contribution in [3.05, 3.63) is 56.2 Å². The third-order valence-electron chi connectivity index (χ3n) is 4.50. The van der Waals surface area contributed by atoms with Gasteiger partial charge >= 0.3 is 11.9 Å². The Morgan fingerprint density at radius 3 is 2.38 bits per heavy atom. The number of H-pyrrole nitrogens is 1. The summed E-state index contributed by atoms with van der Waals surface area (Å²) in [5.41, 5.74) is -6.53. The number of phenols is 1. The van der Waals surface area contributed by atoms with Crippen LogP contribution in [0.2, 0.25) is 0 Å². The van der Waals surface area contributed by atoms with Crippen LogP contribution in [0.1, 0.15) is 18.1 Å². The molecule has 1 aliphatic rings. The van der Waals surface area contributed by atoms with Gasteiger partial charge in [-0.3, -0.25) is 23.9 Å². The predicted molar refractivity (Wildman–Crippen MR) is 93.3 cm³/mol. The number of aromatic amines is 1. The van der Waals surface area contributed by atoms with Gasteiger partial charge in [0.2, 0.25) is 11.4 Å². The molecule has 2 aromatic rings. The van der Waals surface area contributed by atoms with E-state index in [1.54, 1.807) is 17.1 Å². The first-order chi connectivity index (χ1) is 13.5. The van der Waals surface area contributed by atoms with Crippen LogP contribution in [-0.2, 0) is 28.1 Å². The largest absolute Gasteiger partial charge is 0.508 e. The molecule has 0 fully saturated rings. The van der Waals surface area contributed by atoms with Crippen LogP contribution in [0.5, 0.6) is 5.75 Å². The fraction of sp³-hybridized carbons (Fsp3) is 0.294. The second kappa shape index (κ2) is 6.79. The topological polar surface area (TPSA) is 133 Å². The quantitative estimate of drug-likeness (QED) is 0.575. The minimum absolute atomic E-state index is 0.00776. The van der Waals surface area contributed by atoms with Crippen molar-refractivity contribution in [1.82, 2.24) is 14.9 Å². The molecule has 1 aromatic carbocycles. The molecule has 9 nitrogen and oxygen atoms in total. The number of rotatable bonds is 4. The Hall–Kier alpha value is -3.57. The molecule has 0 saturated carbocycles. The van der Waals surface area contributed by atoms with Gasteiger partial charge in [-0.05, 0) is 24.1 Å². The number of hydrogen-bond acceptors (Lipinski definition) is 5. The van der Waals surface area contributed by atoms with Crippen LogP contribution in [0.3, 0.4) is 0 Å². The molecule has 4 N–H and O–H groups in total. The summed E-state index contributed by atoms with van der Waals surface area (Å²) >= 11 is 0. The molecular weight excluding hydrogens is 397 g/mol. The van der Waals surface area contributed by atoms with E-state index >= 15 is 0 Å². The molecule has 12 heteroatoms. The number of amides is 2. The molecule has 0 saturated heterocycles. The second-order valence-corrected chi connectivity index (χ2v) is 6.43. The number of phenolic OH excluding ortho intramolecular Hbond substituents is 1. The van der Waals surface area contributed by atoms with Gasteiger partial charge in [0.25, 0.3) is 11.5 Å². The van der Waals surface area contributed by atoms with Crippen molar-refractivity contribution in [1.29, 1.82) is 0 Å². The molecule has 2 heterocycles. The van der Waals surface area contributed by atoms with Gasteiger partial charge in [0.15, 0.2) is 0 Å². The summed E-state index contributed by atoms with van der Waals surface area (Å²) in [4.78, 5) is 50.0. The molecule has 0 aliphatic carbocycles. The molecule has 0 radical (unpaired) electrons. The third-order valence-corrected chi connectivity index (χ3v) is 4.50. The molecule has 2 amide bonds. The Morgan fingerprint density at radius 1 is 1.21 bits per heavy atom. The van der Waals surface area contributed by atoms with Crippen LogP contribution in [0.25, 0.3) is 0 Å². The first-order valence-electron chi connectivity index (χ1n) is 8.30. The first-order valence-corrected chi connectivity index (χ1v) is 8.30. The Kier molecular flexibility index (Phi) is 4.73. The van der Waals surface area contributed by atoms with E-state index in [1.165, 1.54) is 17.4 Å². The number of carbonyl (C=O) groups is 2. The van der Waals surface area contributed by atoms with Gasteiger partial charge in [0.05, 0.1) is 0 Å². The number of benzene rings is 1. The van der Waals surface area contributed by atoms with Crippen LogP contribution < -0.4 is 21.9 Å². The van der Waals surface area contributed by atoms with Crippen molar-refractivity contribution in [2.45, 2.75) is 31.6 Å². The Balaban J connectivity index is 2.14. The third kappa shape index (κ3) is 3.26. The summed E-state index contributed by atoms with van der Waals surface area (Å²) in [5, 5.41) is 12.7. The van der Waals surface area contributed by atoms with Crippen molar-refractivity contribution >= 4 is 17.6 Å². The van der Waals surface area contributed by atoms with Gasteiger partial charge < -0.3 is 15.7 Å². The average Bonchev–Trinajstić information content (AvgIpc) is 2.89. The van der Waals surface area contributed by atoms with Crippen LogP contribution in [0.15, 0.2) is 33.9 Å². The van der Waals surface area contributed by atoms with Crippen molar-refractivity contribution in [2.75, 3.05) is 5.32 Å². The molecular formula is C17H15F3N4O5. The maximum Gasteiger partial charge on any atom is 0.425 e. The van der Waals surface area contributed by atoms with Crippen molar-refractivity contribution in [3.8, 4) is 5.75 Å². The second-order valence-electron chi connectivity index (χ2n) is 6.43. The minimum Gasteiger partial charge on any atom is -0.508 e. The lowest BCUT2D eigenvalue weighted by Crippen LogP contribution is -2.61. The van der Waals surface area contributed by atoms with E-state index in [0.29, 0.717) is 5.56 Å². The predicted octanol–water partition coefficient (Wildman–Crippen LogP) is 0.331. The van der Waals surface area contributed by atoms with E-state index < -0.39 is 46.2 Å². The average molecular weight is 412 g/mol. The Labute approximate surface area is 160 Å². The first kappa shape index (κ1) is 20.2. The summed E-state index contributed by atoms with van der Waals surface area (Å²) < 4.78 is 42.4. The number of hydrogen-bond donors (Lipinski definition) is 4. The summed E-state index contributed by atoms with van der Waals surface area (Å²) in [5.74, 6) is -3.50. The zero-order valence-corrected chi connectivity index (χ0v) is 14.9. The monoisotopic (exact) mass is 412 g/mol. The van der Waals surface area contributed by atoms with E-state index in [2.05, 4.69) is 0 Å². The summed E-state index contributed by atoms with van der Waals surface area (Å²) in [6.45, 7) is 0.588. The standard InChI is InChI=1S/C17H15F3N4O5/c1-8(25)23-16(17(18,19)20)11-12(21-14(16)28)24(15(29)22-13(11)27)7-6-9-2-4-10(26)5-3-9/h2-5,26H,6-7H2,1H3,(H,21,28)(H,23,25)(H,22,27,29). The molecule has 29 heavy (non-hydrogen) atoms. The van der Waals surface area contributed by atoms with Crippen LogP contribution in [0.4, 0.5) is 19.0 Å². The smallest absolute Gasteiger partial charge is 0.425 e. The maximum absolute atomic E-state index is 13.9. The lowest BCUT2D eigenvalue weighted by atomic mass is 9.92. The Bertz CT molecular complexity index is 1100. The van der Waals surface area contributed by atoms with Gasteiger partial charge in [0, 0.05) is 13.5 Å². The number of nitrogens with one attached hydrogen (secondary N) is 3. The fourth-order valence-electron chi connectivity index (χ4n) is 3.21. The van der Waals surface area contributed by atoms with Crippen molar-refractivity contribution in [3.63, 3.8) is 0 Å². The van der Waals surface area contributed by atoms with Crippen molar-refractivity contribution < 1.29 is 27.9 Å². The highest BCUT2D eigenvalue weighted by Crippen LogP contribution is 2.44. The highest BCUT2D eigenvalue weighted by atomic mass is 19.4. The normalized spacial score (nSPS) is 18.3. The Morgan fingerprint density at radius 2 is 1.83 bits per heavy atom. The van der Waals surface area contributed by atoms with Gasteiger partial charge in [-0.25, -0.2) is 4.79 Å². The zero-order valence-electron chi connectivity index (χ0n) is 14.9. The number of carbonyl (C=O) groups excluding carboxylic acids is 2. The van der Waals surface area contributed by atoms with E-state index in [4.69, 9.17) is 0 Å². The number of aryl methyl sites for hydroxylation is 1. The molecule has 154 valence electrons.